The molecule has 0 aliphatic carbocycles. The fourth-order valence-electron chi connectivity index (χ4n) is 2.70. The molecule has 0 bridgehead atoms. The Morgan fingerprint density at radius 1 is 1.12 bits per heavy atom. The highest BCUT2D eigenvalue weighted by molar-refractivity contribution is 5.90. The van der Waals surface area contributed by atoms with Gasteiger partial charge < -0.3 is 10.6 Å². The highest BCUT2D eigenvalue weighted by Gasteiger charge is 2.07. The molecule has 134 valence electrons. The summed E-state index contributed by atoms with van der Waals surface area (Å²) in [5.74, 6) is 0.0567. The first kappa shape index (κ1) is 17.8. The van der Waals surface area contributed by atoms with Crippen molar-refractivity contribution in [2.45, 2.75) is 32.9 Å². The molecule has 0 radical (unpaired) electrons. The number of aromatic nitrogens is 3. The molecule has 0 saturated carbocycles. The Hall–Kier alpha value is -2.99. The number of hydrogen-bond donors (Lipinski definition) is 3. The molecule has 3 rings (SSSR count). The van der Waals surface area contributed by atoms with Crippen LogP contribution in [0.25, 0.3) is 11.3 Å². The van der Waals surface area contributed by atoms with E-state index in [0.29, 0.717) is 13.0 Å². The van der Waals surface area contributed by atoms with Crippen LogP contribution in [0.5, 0.6) is 0 Å². The molecular formula is C20H23N5O. The monoisotopic (exact) mass is 349 g/mol. The van der Waals surface area contributed by atoms with Crippen LogP contribution in [0, 0.1) is 0 Å². The van der Waals surface area contributed by atoms with E-state index in [1.807, 2.05) is 55.7 Å². The van der Waals surface area contributed by atoms with Gasteiger partial charge in [-0.2, -0.15) is 5.10 Å². The fraction of sp³-hybridized carbons (Fsp3) is 0.250. The molecule has 3 N–H and O–H groups in total. The number of nitrogens with zero attached hydrogens (tertiary/aromatic N) is 2. The Morgan fingerprint density at radius 2 is 1.96 bits per heavy atom. The number of hydrogen-bond acceptors (Lipinski definition) is 4. The van der Waals surface area contributed by atoms with Gasteiger partial charge in [-0.15, -0.1) is 0 Å². The summed E-state index contributed by atoms with van der Waals surface area (Å²) in [6.07, 6.45) is 6.81. The van der Waals surface area contributed by atoms with Gasteiger partial charge in [-0.05, 0) is 36.2 Å². The van der Waals surface area contributed by atoms with Gasteiger partial charge in [0.25, 0.3) is 0 Å². The molecule has 0 aliphatic rings. The molecule has 0 saturated heterocycles. The molecule has 0 atom stereocenters. The van der Waals surface area contributed by atoms with Gasteiger partial charge in [0, 0.05) is 48.7 Å². The van der Waals surface area contributed by atoms with Gasteiger partial charge >= 0.3 is 0 Å². The van der Waals surface area contributed by atoms with Crippen molar-refractivity contribution >= 4 is 11.6 Å². The maximum Gasteiger partial charge on any atom is 0.224 e. The van der Waals surface area contributed by atoms with E-state index in [0.717, 1.165) is 41.0 Å². The van der Waals surface area contributed by atoms with Gasteiger partial charge in [0.1, 0.15) is 0 Å². The molecule has 1 aromatic carbocycles. The second kappa shape index (κ2) is 8.92. The Kier molecular flexibility index (Phi) is 6.11. The highest BCUT2D eigenvalue weighted by atomic mass is 16.1. The Labute approximate surface area is 153 Å². The fourth-order valence-corrected chi connectivity index (χ4v) is 2.70. The van der Waals surface area contributed by atoms with Crippen molar-refractivity contribution in [1.82, 2.24) is 20.5 Å². The smallest absolute Gasteiger partial charge is 0.224 e. The Balaban J connectivity index is 1.53. The third-order valence-corrected chi connectivity index (χ3v) is 4.03. The van der Waals surface area contributed by atoms with Crippen LogP contribution < -0.4 is 10.6 Å². The lowest BCUT2D eigenvalue weighted by Crippen LogP contribution is -2.13. The standard InChI is InChI=1S/C20H23N5O/c1-2-4-19(26)24-18-8-6-15(7-9-18)11-22-13-17-14-23-25-20(17)16-5-3-10-21-12-16/h3,5-10,12,14,22H,2,4,11,13H2,1H3,(H,23,25)(H,24,26). The van der Waals surface area contributed by atoms with Crippen LogP contribution in [0.15, 0.2) is 55.0 Å². The summed E-state index contributed by atoms with van der Waals surface area (Å²) in [5, 5.41) is 13.5. The van der Waals surface area contributed by atoms with Gasteiger partial charge in [-0.25, -0.2) is 0 Å². The molecule has 26 heavy (non-hydrogen) atoms. The zero-order valence-electron chi connectivity index (χ0n) is 14.8. The van der Waals surface area contributed by atoms with Crippen molar-refractivity contribution < 1.29 is 4.79 Å². The molecule has 6 nitrogen and oxygen atoms in total. The van der Waals surface area contributed by atoms with Crippen LogP contribution in [0.4, 0.5) is 5.69 Å². The van der Waals surface area contributed by atoms with Gasteiger partial charge in [-0.3, -0.25) is 14.9 Å². The molecule has 0 spiro atoms. The molecule has 6 heteroatoms. The van der Waals surface area contributed by atoms with Crippen LogP contribution >= 0.6 is 0 Å². The number of aromatic amines is 1. The molecule has 0 aliphatic heterocycles. The maximum absolute atomic E-state index is 11.6. The summed E-state index contributed by atoms with van der Waals surface area (Å²) >= 11 is 0. The summed E-state index contributed by atoms with van der Waals surface area (Å²) in [7, 11) is 0. The lowest BCUT2D eigenvalue weighted by atomic mass is 10.1. The number of pyridine rings is 1. The van der Waals surface area contributed by atoms with Crippen LogP contribution in [0.2, 0.25) is 0 Å². The summed E-state index contributed by atoms with van der Waals surface area (Å²) in [6, 6.07) is 11.8. The van der Waals surface area contributed by atoms with Crippen LogP contribution in [0.3, 0.4) is 0 Å². The van der Waals surface area contributed by atoms with Crippen LogP contribution in [0.1, 0.15) is 30.9 Å². The summed E-state index contributed by atoms with van der Waals surface area (Å²) in [4.78, 5) is 15.8. The third-order valence-electron chi connectivity index (χ3n) is 4.03. The number of carbonyl (C=O) groups is 1. The van der Waals surface area contributed by atoms with E-state index < -0.39 is 0 Å². The second-order valence-electron chi connectivity index (χ2n) is 6.11. The largest absolute Gasteiger partial charge is 0.326 e. The zero-order valence-corrected chi connectivity index (χ0v) is 14.8. The molecular weight excluding hydrogens is 326 g/mol. The highest BCUT2D eigenvalue weighted by Crippen LogP contribution is 2.19. The quantitative estimate of drug-likeness (QED) is 0.581. The minimum absolute atomic E-state index is 0.0567. The number of amides is 1. The molecule has 3 aromatic rings. The predicted octanol–water partition coefficient (Wildman–Crippen LogP) is 3.50. The third kappa shape index (κ3) is 4.77. The summed E-state index contributed by atoms with van der Waals surface area (Å²) < 4.78 is 0. The number of nitrogens with one attached hydrogen (secondary N) is 3. The summed E-state index contributed by atoms with van der Waals surface area (Å²) in [6.45, 7) is 3.44. The molecule has 0 fully saturated rings. The number of anilines is 1. The van der Waals surface area contributed by atoms with E-state index in [4.69, 9.17) is 0 Å². The van der Waals surface area contributed by atoms with Crippen molar-refractivity contribution in [2.24, 2.45) is 0 Å². The number of carbonyl (C=O) groups excluding carboxylic acids is 1. The van der Waals surface area contributed by atoms with E-state index in [-0.39, 0.29) is 5.91 Å². The average Bonchev–Trinajstić information content (AvgIpc) is 3.13. The predicted molar refractivity (Wildman–Crippen MR) is 102 cm³/mol. The SMILES string of the molecule is CCCC(=O)Nc1ccc(CNCc2cn[nH]c2-c2cccnc2)cc1. The normalized spacial score (nSPS) is 10.7. The van der Waals surface area contributed by atoms with Gasteiger partial charge in [0.05, 0.1) is 11.9 Å². The minimum atomic E-state index is 0.0567. The van der Waals surface area contributed by atoms with Crippen molar-refractivity contribution in [3.05, 3.63) is 66.1 Å². The van der Waals surface area contributed by atoms with Crippen LogP contribution in [-0.2, 0) is 17.9 Å². The first-order chi connectivity index (χ1) is 12.8. The summed E-state index contributed by atoms with van der Waals surface area (Å²) in [5.41, 5.74) is 5.10. The zero-order chi connectivity index (χ0) is 18.2. The van der Waals surface area contributed by atoms with E-state index in [2.05, 4.69) is 25.8 Å². The van der Waals surface area contributed by atoms with E-state index in [1.165, 1.54) is 0 Å². The molecule has 2 aromatic heterocycles. The van der Waals surface area contributed by atoms with Gasteiger partial charge in [0.2, 0.25) is 5.91 Å². The van der Waals surface area contributed by atoms with Gasteiger partial charge in [0.15, 0.2) is 0 Å². The Bertz CT molecular complexity index is 827. The second-order valence-corrected chi connectivity index (χ2v) is 6.11. The Morgan fingerprint density at radius 3 is 2.69 bits per heavy atom. The minimum Gasteiger partial charge on any atom is -0.326 e. The topological polar surface area (TPSA) is 82.7 Å². The first-order valence-corrected chi connectivity index (χ1v) is 8.78. The van der Waals surface area contributed by atoms with Crippen molar-refractivity contribution in [3.8, 4) is 11.3 Å². The van der Waals surface area contributed by atoms with E-state index in [9.17, 15) is 4.79 Å². The first-order valence-electron chi connectivity index (χ1n) is 8.78. The molecule has 0 unspecified atom stereocenters. The number of benzene rings is 1. The van der Waals surface area contributed by atoms with E-state index in [1.54, 1.807) is 6.20 Å². The maximum atomic E-state index is 11.6. The van der Waals surface area contributed by atoms with Crippen molar-refractivity contribution in [2.75, 3.05) is 5.32 Å². The van der Waals surface area contributed by atoms with Gasteiger partial charge in [-0.1, -0.05) is 19.1 Å². The lowest BCUT2D eigenvalue weighted by Gasteiger charge is -2.08. The van der Waals surface area contributed by atoms with Crippen LogP contribution in [-0.4, -0.2) is 21.1 Å². The number of H-pyrrole nitrogens is 1. The van der Waals surface area contributed by atoms with Crippen molar-refractivity contribution in [3.63, 3.8) is 0 Å². The lowest BCUT2D eigenvalue weighted by molar-refractivity contribution is -0.116. The van der Waals surface area contributed by atoms with Crippen molar-refractivity contribution in [1.29, 1.82) is 0 Å². The van der Waals surface area contributed by atoms with E-state index >= 15 is 0 Å². The molecule has 2 heterocycles. The average molecular weight is 349 g/mol. The molecule has 1 amide bonds. The number of rotatable bonds is 8.